The van der Waals surface area contributed by atoms with Crippen molar-refractivity contribution >= 4 is 11.6 Å². The largest absolute Gasteiger partial charge is 0.396 e. The van der Waals surface area contributed by atoms with Crippen LogP contribution in [0.15, 0.2) is 6.20 Å². The lowest BCUT2D eigenvalue weighted by Crippen LogP contribution is -2.33. The molecule has 0 bridgehead atoms. The van der Waals surface area contributed by atoms with Gasteiger partial charge in [-0.3, -0.25) is 9.48 Å². The molecule has 0 aliphatic carbocycles. The predicted molar refractivity (Wildman–Crippen MR) is 73.2 cm³/mol. The summed E-state index contributed by atoms with van der Waals surface area (Å²) in [6.45, 7) is 6.42. The number of carbonyl (C=O) groups excluding carboxylic acids is 1. The van der Waals surface area contributed by atoms with Crippen molar-refractivity contribution in [3.8, 4) is 0 Å². The molecule has 0 fully saturated rings. The van der Waals surface area contributed by atoms with Crippen LogP contribution < -0.4 is 11.1 Å². The highest BCUT2D eigenvalue weighted by Gasteiger charge is 2.15. The first kappa shape index (κ1) is 14.5. The van der Waals surface area contributed by atoms with Crippen molar-refractivity contribution in [1.82, 2.24) is 15.1 Å². The maximum atomic E-state index is 11.9. The fourth-order valence-corrected chi connectivity index (χ4v) is 1.88. The molecule has 1 aromatic rings. The van der Waals surface area contributed by atoms with Gasteiger partial charge in [-0.15, -0.1) is 0 Å². The van der Waals surface area contributed by atoms with Gasteiger partial charge in [0.15, 0.2) is 5.69 Å². The van der Waals surface area contributed by atoms with Crippen molar-refractivity contribution in [1.29, 1.82) is 0 Å². The van der Waals surface area contributed by atoms with E-state index in [1.807, 2.05) is 6.92 Å². The van der Waals surface area contributed by atoms with E-state index >= 15 is 0 Å². The quantitative estimate of drug-likeness (QED) is 0.812. The molecular formula is C13H24N4O. The van der Waals surface area contributed by atoms with Gasteiger partial charge in [-0.05, 0) is 19.3 Å². The Bertz CT molecular complexity index is 398. The van der Waals surface area contributed by atoms with Crippen LogP contribution in [0.3, 0.4) is 0 Å². The lowest BCUT2D eigenvalue weighted by Gasteiger charge is -2.13. The van der Waals surface area contributed by atoms with Crippen LogP contribution in [-0.2, 0) is 7.05 Å². The molecule has 0 saturated carbocycles. The smallest absolute Gasteiger partial charge is 0.274 e. The number of hydrogen-bond donors (Lipinski definition) is 2. The molecule has 1 unspecified atom stereocenters. The molecule has 0 aliphatic heterocycles. The number of nitrogen functional groups attached to an aromatic ring is 1. The van der Waals surface area contributed by atoms with Gasteiger partial charge >= 0.3 is 0 Å². The zero-order valence-corrected chi connectivity index (χ0v) is 11.7. The molecule has 0 saturated heterocycles. The number of anilines is 1. The highest BCUT2D eigenvalue weighted by atomic mass is 16.2. The van der Waals surface area contributed by atoms with Gasteiger partial charge in [-0.1, -0.05) is 26.7 Å². The Labute approximate surface area is 109 Å². The Balaban J connectivity index is 2.42. The number of nitrogens with zero attached hydrogens (tertiary/aromatic N) is 2. The van der Waals surface area contributed by atoms with Crippen LogP contribution in [0.4, 0.5) is 5.69 Å². The second kappa shape index (κ2) is 6.42. The van der Waals surface area contributed by atoms with E-state index in [-0.39, 0.29) is 11.9 Å². The summed E-state index contributed by atoms with van der Waals surface area (Å²) in [5.74, 6) is 0.518. The van der Waals surface area contributed by atoms with Gasteiger partial charge in [-0.2, -0.15) is 5.10 Å². The van der Waals surface area contributed by atoms with Gasteiger partial charge in [0.25, 0.3) is 5.91 Å². The first-order chi connectivity index (χ1) is 8.40. The fraction of sp³-hybridized carbons (Fsp3) is 0.692. The summed E-state index contributed by atoms with van der Waals surface area (Å²) in [5.41, 5.74) is 6.45. The molecule has 1 rings (SSSR count). The van der Waals surface area contributed by atoms with E-state index in [2.05, 4.69) is 24.3 Å². The van der Waals surface area contributed by atoms with Crippen LogP contribution in [-0.4, -0.2) is 21.7 Å². The predicted octanol–water partition coefficient (Wildman–Crippen LogP) is 1.95. The summed E-state index contributed by atoms with van der Waals surface area (Å²) in [5, 5.41) is 6.98. The van der Waals surface area contributed by atoms with Crippen LogP contribution in [0, 0.1) is 5.92 Å². The number of nitrogens with two attached hydrogens (primary N) is 1. The first-order valence-electron chi connectivity index (χ1n) is 6.50. The second-order valence-electron chi connectivity index (χ2n) is 5.31. The van der Waals surface area contributed by atoms with Crippen molar-refractivity contribution < 1.29 is 4.79 Å². The number of rotatable bonds is 6. The Morgan fingerprint density at radius 1 is 1.44 bits per heavy atom. The van der Waals surface area contributed by atoms with Gasteiger partial charge in [0.05, 0.1) is 5.69 Å². The average Bonchev–Trinajstić information content (AvgIpc) is 2.57. The SMILES string of the molecule is CC(C)CCCC(C)NC(=O)c1nn(C)cc1N. The van der Waals surface area contributed by atoms with Crippen molar-refractivity contribution in [2.75, 3.05) is 5.73 Å². The molecule has 1 aromatic heterocycles. The average molecular weight is 252 g/mol. The Kier molecular flexibility index (Phi) is 5.19. The van der Waals surface area contributed by atoms with Crippen LogP contribution in [0.1, 0.15) is 50.5 Å². The molecule has 1 atom stereocenters. The minimum atomic E-state index is -0.190. The molecule has 18 heavy (non-hydrogen) atoms. The molecular weight excluding hydrogens is 228 g/mol. The van der Waals surface area contributed by atoms with Crippen molar-refractivity contribution in [3.05, 3.63) is 11.9 Å². The molecule has 5 heteroatoms. The van der Waals surface area contributed by atoms with Crippen LogP contribution in [0.25, 0.3) is 0 Å². The molecule has 3 N–H and O–H groups in total. The summed E-state index contributed by atoms with van der Waals surface area (Å²) in [4.78, 5) is 11.9. The molecule has 0 spiro atoms. The lowest BCUT2D eigenvalue weighted by atomic mass is 10.0. The van der Waals surface area contributed by atoms with E-state index in [1.165, 1.54) is 6.42 Å². The van der Waals surface area contributed by atoms with E-state index in [4.69, 9.17) is 5.73 Å². The Hall–Kier alpha value is -1.52. The van der Waals surface area contributed by atoms with E-state index in [0.717, 1.165) is 12.8 Å². The minimum Gasteiger partial charge on any atom is -0.396 e. The minimum absolute atomic E-state index is 0.151. The number of amides is 1. The maximum Gasteiger partial charge on any atom is 0.274 e. The third kappa shape index (κ3) is 4.39. The highest BCUT2D eigenvalue weighted by Crippen LogP contribution is 2.11. The van der Waals surface area contributed by atoms with Crippen LogP contribution in [0.5, 0.6) is 0 Å². The standard InChI is InChI=1S/C13H24N4O/c1-9(2)6-5-7-10(3)15-13(18)12-11(14)8-17(4)16-12/h8-10H,5-7,14H2,1-4H3,(H,15,18). The zero-order valence-electron chi connectivity index (χ0n) is 11.7. The van der Waals surface area contributed by atoms with Gasteiger partial charge < -0.3 is 11.1 Å². The molecule has 5 nitrogen and oxygen atoms in total. The zero-order chi connectivity index (χ0) is 13.7. The summed E-state index contributed by atoms with van der Waals surface area (Å²) in [6, 6.07) is 0.151. The van der Waals surface area contributed by atoms with Gasteiger partial charge in [0.1, 0.15) is 0 Å². The molecule has 0 aliphatic rings. The number of aryl methyl sites for hydroxylation is 1. The van der Waals surface area contributed by atoms with Gasteiger partial charge in [0, 0.05) is 19.3 Å². The summed E-state index contributed by atoms with van der Waals surface area (Å²) >= 11 is 0. The normalized spacial score (nSPS) is 12.7. The Morgan fingerprint density at radius 2 is 2.11 bits per heavy atom. The third-order valence-electron chi connectivity index (χ3n) is 2.87. The molecule has 1 amide bonds. The number of aromatic nitrogens is 2. The van der Waals surface area contributed by atoms with E-state index in [0.29, 0.717) is 17.3 Å². The van der Waals surface area contributed by atoms with Crippen LogP contribution in [0.2, 0.25) is 0 Å². The number of carbonyl (C=O) groups is 1. The van der Waals surface area contributed by atoms with E-state index in [9.17, 15) is 4.79 Å². The van der Waals surface area contributed by atoms with Crippen molar-refractivity contribution in [2.45, 2.75) is 46.1 Å². The lowest BCUT2D eigenvalue weighted by molar-refractivity contribution is 0.0933. The summed E-state index contributed by atoms with van der Waals surface area (Å²) in [6.07, 6.45) is 4.93. The maximum absolute atomic E-state index is 11.9. The van der Waals surface area contributed by atoms with Crippen molar-refractivity contribution in [3.63, 3.8) is 0 Å². The first-order valence-corrected chi connectivity index (χ1v) is 6.50. The number of hydrogen-bond acceptors (Lipinski definition) is 3. The topological polar surface area (TPSA) is 72.9 Å². The Morgan fingerprint density at radius 3 is 2.61 bits per heavy atom. The van der Waals surface area contributed by atoms with Gasteiger partial charge in [-0.25, -0.2) is 0 Å². The fourth-order valence-electron chi connectivity index (χ4n) is 1.88. The molecule has 102 valence electrons. The summed E-state index contributed by atoms with van der Waals surface area (Å²) in [7, 11) is 1.75. The van der Waals surface area contributed by atoms with Gasteiger partial charge in [0.2, 0.25) is 0 Å². The molecule has 1 heterocycles. The molecule has 0 radical (unpaired) electrons. The second-order valence-corrected chi connectivity index (χ2v) is 5.31. The number of nitrogens with one attached hydrogen (secondary N) is 1. The van der Waals surface area contributed by atoms with Crippen molar-refractivity contribution in [2.24, 2.45) is 13.0 Å². The summed E-state index contributed by atoms with van der Waals surface area (Å²) < 4.78 is 1.55. The monoisotopic (exact) mass is 252 g/mol. The van der Waals surface area contributed by atoms with E-state index < -0.39 is 0 Å². The van der Waals surface area contributed by atoms with Crippen LogP contribution >= 0.6 is 0 Å². The van der Waals surface area contributed by atoms with E-state index in [1.54, 1.807) is 17.9 Å². The molecule has 0 aromatic carbocycles. The third-order valence-corrected chi connectivity index (χ3v) is 2.87. The highest BCUT2D eigenvalue weighted by molar-refractivity contribution is 5.97.